The molecule has 7 nitrogen and oxygen atoms in total. The van der Waals surface area contributed by atoms with Crippen molar-refractivity contribution in [2.24, 2.45) is 0 Å². The first-order chi connectivity index (χ1) is 15.8. The van der Waals surface area contributed by atoms with E-state index in [1.807, 2.05) is 71.4 Å². The minimum absolute atomic E-state index is 0.177. The van der Waals surface area contributed by atoms with Gasteiger partial charge in [0.25, 0.3) is 5.91 Å². The summed E-state index contributed by atoms with van der Waals surface area (Å²) < 4.78 is 13.3. The number of rotatable bonds is 6. The van der Waals surface area contributed by atoms with E-state index in [4.69, 9.17) is 9.47 Å². The van der Waals surface area contributed by atoms with E-state index in [1.165, 1.54) is 0 Å². The summed E-state index contributed by atoms with van der Waals surface area (Å²) in [5, 5.41) is 3.05. The number of para-hydroxylation sites is 2. The van der Waals surface area contributed by atoms with Crippen LogP contribution in [0.2, 0.25) is 0 Å². The molecular formula is C25H24N4O3. The second-order valence-corrected chi connectivity index (χ2v) is 7.59. The van der Waals surface area contributed by atoms with Crippen LogP contribution in [-0.4, -0.2) is 41.6 Å². The number of nitrogens with zero attached hydrogens (tertiary/aromatic N) is 3. The van der Waals surface area contributed by atoms with Gasteiger partial charge in [-0.3, -0.25) is 4.79 Å². The van der Waals surface area contributed by atoms with Crippen molar-refractivity contribution in [2.75, 3.05) is 36.5 Å². The van der Waals surface area contributed by atoms with Crippen molar-refractivity contribution in [3.8, 4) is 5.75 Å². The molecule has 0 atom stereocenters. The number of hydrogen-bond acceptors (Lipinski definition) is 5. The zero-order valence-electron chi connectivity index (χ0n) is 17.6. The fraction of sp³-hybridized carbons (Fsp3) is 0.200. The highest BCUT2D eigenvalue weighted by Crippen LogP contribution is 2.27. The third kappa shape index (κ3) is 4.43. The van der Waals surface area contributed by atoms with Crippen LogP contribution in [0.5, 0.6) is 5.75 Å². The number of carbonyl (C=O) groups is 1. The summed E-state index contributed by atoms with van der Waals surface area (Å²) in [4.78, 5) is 19.7. The monoisotopic (exact) mass is 428 g/mol. The predicted molar refractivity (Wildman–Crippen MR) is 123 cm³/mol. The average Bonchev–Trinajstić information content (AvgIpc) is 3.27. The summed E-state index contributed by atoms with van der Waals surface area (Å²) in [6, 6.07) is 20.9. The smallest absolute Gasteiger partial charge is 0.255 e. The van der Waals surface area contributed by atoms with Crippen molar-refractivity contribution in [1.29, 1.82) is 0 Å². The van der Waals surface area contributed by atoms with Gasteiger partial charge in [-0.15, -0.1) is 0 Å². The van der Waals surface area contributed by atoms with Crippen LogP contribution in [0, 0.1) is 0 Å². The number of nitrogens with one attached hydrogen (secondary N) is 1. The Morgan fingerprint density at radius 1 is 1.03 bits per heavy atom. The van der Waals surface area contributed by atoms with Crippen molar-refractivity contribution in [2.45, 2.75) is 6.61 Å². The maximum atomic E-state index is 13.0. The highest BCUT2D eigenvalue weighted by molar-refractivity contribution is 6.06. The number of anilines is 2. The number of fused-ring (bicyclic) bond motifs is 1. The highest BCUT2D eigenvalue weighted by atomic mass is 16.5. The molecule has 1 aliphatic heterocycles. The van der Waals surface area contributed by atoms with Crippen molar-refractivity contribution < 1.29 is 14.3 Å². The van der Waals surface area contributed by atoms with Gasteiger partial charge in [-0.25, -0.2) is 4.98 Å². The number of benzene rings is 2. The third-order valence-electron chi connectivity index (χ3n) is 5.40. The third-order valence-corrected chi connectivity index (χ3v) is 5.40. The Labute approximate surface area is 186 Å². The Hall–Kier alpha value is -3.84. The predicted octanol–water partition coefficient (Wildman–Crippen LogP) is 4.00. The van der Waals surface area contributed by atoms with E-state index in [0.717, 1.165) is 35.8 Å². The molecule has 1 fully saturated rings. The fourth-order valence-corrected chi connectivity index (χ4v) is 3.79. The van der Waals surface area contributed by atoms with Crippen molar-refractivity contribution in [3.05, 3.63) is 90.4 Å². The van der Waals surface area contributed by atoms with Gasteiger partial charge < -0.3 is 24.1 Å². The van der Waals surface area contributed by atoms with Crippen LogP contribution in [0.4, 0.5) is 11.4 Å². The Morgan fingerprint density at radius 3 is 2.75 bits per heavy atom. The topological polar surface area (TPSA) is 68.1 Å². The molecule has 0 aliphatic carbocycles. The molecule has 32 heavy (non-hydrogen) atoms. The number of imidazole rings is 1. The van der Waals surface area contributed by atoms with Gasteiger partial charge >= 0.3 is 0 Å². The number of hydrogen-bond donors (Lipinski definition) is 1. The number of carbonyl (C=O) groups excluding carboxylic acids is 1. The SMILES string of the molecule is O=C(Nc1ccccc1N1CCOCC1)c1cccc(OCc2cn3ccccc3n2)c1. The molecule has 0 saturated carbocycles. The number of amides is 1. The van der Waals surface area contributed by atoms with Crippen LogP contribution in [0.15, 0.2) is 79.1 Å². The summed E-state index contributed by atoms with van der Waals surface area (Å²) in [7, 11) is 0. The van der Waals surface area contributed by atoms with Crippen LogP contribution in [0.3, 0.4) is 0 Å². The molecule has 7 heteroatoms. The molecule has 3 heterocycles. The Kier molecular flexibility index (Phi) is 5.72. The molecule has 2 aromatic carbocycles. The summed E-state index contributed by atoms with van der Waals surface area (Å²) in [6.07, 6.45) is 3.89. The first-order valence-corrected chi connectivity index (χ1v) is 10.6. The quantitative estimate of drug-likeness (QED) is 0.503. The van der Waals surface area contributed by atoms with E-state index in [-0.39, 0.29) is 5.91 Å². The number of aromatic nitrogens is 2. The number of ether oxygens (including phenoxy) is 2. The van der Waals surface area contributed by atoms with Crippen LogP contribution >= 0.6 is 0 Å². The Bertz CT molecular complexity index is 1200. The molecule has 2 aromatic heterocycles. The Morgan fingerprint density at radius 2 is 1.88 bits per heavy atom. The number of morpholine rings is 1. The summed E-state index contributed by atoms with van der Waals surface area (Å²) in [5.41, 5.74) is 4.02. The lowest BCUT2D eigenvalue weighted by Crippen LogP contribution is -2.36. The van der Waals surface area contributed by atoms with E-state index in [0.29, 0.717) is 31.1 Å². The zero-order chi connectivity index (χ0) is 21.8. The molecule has 1 saturated heterocycles. The maximum absolute atomic E-state index is 13.0. The summed E-state index contributed by atoms with van der Waals surface area (Å²) in [5.74, 6) is 0.445. The van der Waals surface area contributed by atoms with Crippen molar-refractivity contribution in [3.63, 3.8) is 0 Å². The van der Waals surface area contributed by atoms with E-state index in [1.54, 1.807) is 12.1 Å². The van der Waals surface area contributed by atoms with Crippen molar-refractivity contribution in [1.82, 2.24) is 9.38 Å². The van der Waals surface area contributed by atoms with Gasteiger partial charge in [0, 0.05) is 31.0 Å². The molecule has 1 aliphatic rings. The van der Waals surface area contributed by atoms with Crippen molar-refractivity contribution >= 4 is 22.9 Å². The van der Waals surface area contributed by atoms with Gasteiger partial charge in [-0.1, -0.05) is 24.3 Å². The molecule has 4 aromatic rings. The molecular weight excluding hydrogens is 404 g/mol. The normalized spacial score (nSPS) is 13.8. The van der Waals surface area contributed by atoms with Gasteiger partial charge in [0.15, 0.2) is 0 Å². The van der Waals surface area contributed by atoms with Gasteiger partial charge in [-0.05, 0) is 42.5 Å². The van der Waals surface area contributed by atoms with Gasteiger partial charge in [-0.2, -0.15) is 0 Å². The second-order valence-electron chi connectivity index (χ2n) is 7.59. The van der Waals surface area contributed by atoms with Gasteiger partial charge in [0.1, 0.15) is 18.0 Å². The van der Waals surface area contributed by atoms with Crippen LogP contribution in [0.1, 0.15) is 16.1 Å². The minimum Gasteiger partial charge on any atom is -0.487 e. The first kappa shape index (κ1) is 20.1. The lowest BCUT2D eigenvalue weighted by Gasteiger charge is -2.30. The second kappa shape index (κ2) is 9.11. The molecule has 1 N–H and O–H groups in total. The van der Waals surface area contributed by atoms with Crippen LogP contribution in [0.25, 0.3) is 5.65 Å². The standard InChI is InChI=1S/C25H24N4O3/c30-25(27-22-8-1-2-9-23(22)28-12-14-31-15-13-28)19-6-5-7-21(16-19)32-18-20-17-29-11-4-3-10-24(29)26-20/h1-11,16-17H,12-15,18H2,(H,27,30). The first-order valence-electron chi connectivity index (χ1n) is 10.6. The average molecular weight is 428 g/mol. The molecule has 0 radical (unpaired) electrons. The summed E-state index contributed by atoms with van der Waals surface area (Å²) in [6.45, 7) is 3.31. The van der Waals surface area contributed by atoms with E-state index >= 15 is 0 Å². The van der Waals surface area contributed by atoms with Gasteiger partial charge in [0.05, 0.1) is 30.3 Å². The Balaban J connectivity index is 1.27. The molecule has 0 bridgehead atoms. The van der Waals surface area contributed by atoms with Crippen LogP contribution in [-0.2, 0) is 11.3 Å². The van der Waals surface area contributed by atoms with Crippen LogP contribution < -0.4 is 15.0 Å². The lowest BCUT2D eigenvalue weighted by molar-refractivity contribution is 0.102. The fourth-order valence-electron chi connectivity index (χ4n) is 3.79. The highest BCUT2D eigenvalue weighted by Gasteiger charge is 2.16. The maximum Gasteiger partial charge on any atom is 0.255 e. The lowest BCUT2D eigenvalue weighted by atomic mass is 10.1. The molecule has 1 amide bonds. The molecule has 5 rings (SSSR count). The van der Waals surface area contributed by atoms with E-state index in [2.05, 4.69) is 15.2 Å². The minimum atomic E-state index is -0.177. The number of pyridine rings is 1. The molecule has 0 unspecified atom stereocenters. The summed E-state index contributed by atoms with van der Waals surface area (Å²) >= 11 is 0. The van der Waals surface area contributed by atoms with E-state index < -0.39 is 0 Å². The largest absolute Gasteiger partial charge is 0.487 e. The van der Waals surface area contributed by atoms with Gasteiger partial charge in [0.2, 0.25) is 0 Å². The molecule has 0 spiro atoms. The van der Waals surface area contributed by atoms with E-state index in [9.17, 15) is 4.79 Å². The zero-order valence-corrected chi connectivity index (χ0v) is 17.6. The molecule has 162 valence electrons.